The number of urea groups is 1. The number of halogens is 2. The Morgan fingerprint density at radius 1 is 1.04 bits per heavy atom. The van der Waals surface area contributed by atoms with Crippen LogP contribution in [0.1, 0.15) is 31.2 Å². The minimum Gasteiger partial charge on any atom is -0.323 e. The first-order valence-electron chi connectivity index (χ1n) is 9.30. The molecule has 1 aliphatic carbocycles. The Morgan fingerprint density at radius 2 is 1.79 bits per heavy atom. The van der Waals surface area contributed by atoms with Gasteiger partial charge in [-0.15, -0.1) is 0 Å². The molecule has 2 heterocycles. The van der Waals surface area contributed by atoms with Crippen molar-refractivity contribution in [1.29, 1.82) is 0 Å². The minimum atomic E-state index is -1.43. The number of rotatable bonds is 1. The fourth-order valence-corrected chi connectivity index (χ4v) is 4.81. The third kappa shape index (κ3) is 2.19. The molecule has 3 aliphatic rings. The predicted molar refractivity (Wildman–Crippen MR) is 100 cm³/mol. The Labute approximate surface area is 160 Å². The summed E-state index contributed by atoms with van der Waals surface area (Å²) in [5.41, 5.74) is 0.519. The highest BCUT2D eigenvalue weighted by Crippen LogP contribution is 2.53. The first-order valence-corrected chi connectivity index (χ1v) is 9.30. The van der Waals surface area contributed by atoms with Gasteiger partial charge >= 0.3 is 6.03 Å². The largest absolute Gasteiger partial charge is 0.349 e. The van der Waals surface area contributed by atoms with Crippen LogP contribution in [0.2, 0.25) is 0 Å². The number of nitrogens with zero attached hydrogens (tertiary/aromatic N) is 2. The first-order chi connectivity index (χ1) is 13.5. The number of nitrogens with one attached hydrogen (secondary N) is 1. The molecule has 1 N–H and O–H groups in total. The van der Waals surface area contributed by atoms with Crippen LogP contribution in [0.25, 0.3) is 0 Å². The second-order valence-electron chi connectivity index (χ2n) is 7.41. The molecule has 2 aromatic carbocycles. The van der Waals surface area contributed by atoms with Gasteiger partial charge in [-0.1, -0.05) is 6.42 Å². The van der Waals surface area contributed by atoms with Crippen LogP contribution in [0.15, 0.2) is 47.5 Å². The van der Waals surface area contributed by atoms with Gasteiger partial charge in [0.15, 0.2) is 5.54 Å². The Balaban J connectivity index is 1.81. The number of amides is 3. The molecule has 2 unspecified atom stereocenters. The summed E-state index contributed by atoms with van der Waals surface area (Å²) in [4.78, 5) is 32.1. The second-order valence-corrected chi connectivity index (χ2v) is 7.41. The van der Waals surface area contributed by atoms with Gasteiger partial charge in [-0.2, -0.15) is 0 Å². The van der Waals surface area contributed by atoms with Gasteiger partial charge in [0.1, 0.15) is 11.6 Å². The molecular weight excluding hydrogens is 364 g/mol. The monoisotopic (exact) mass is 381 g/mol. The molecule has 3 amide bonds. The van der Waals surface area contributed by atoms with E-state index in [2.05, 4.69) is 10.3 Å². The van der Waals surface area contributed by atoms with Crippen molar-refractivity contribution in [3.05, 3.63) is 59.7 Å². The molecule has 2 aromatic rings. The van der Waals surface area contributed by atoms with Gasteiger partial charge in [-0.25, -0.2) is 18.6 Å². The molecule has 0 bridgehead atoms. The molecule has 5 nitrogen and oxygen atoms in total. The van der Waals surface area contributed by atoms with Crippen molar-refractivity contribution in [3.63, 3.8) is 0 Å². The van der Waals surface area contributed by atoms with Crippen molar-refractivity contribution in [3.8, 4) is 0 Å². The Morgan fingerprint density at radius 3 is 2.57 bits per heavy atom. The lowest BCUT2D eigenvalue weighted by atomic mass is 9.68. The molecule has 28 heavy (non-hydrogen) atoms. The number of anilines is 2. The number of hydrogen-bond donors (Lipinski definition) is 1. The maximum Gasteiger partial charge on any atom is 0.349 e. The van der Waals surface area contributed by atoms with E-state index in [0.717, 1.165) is 12.8 Å². The van der Waals surface area contributed by atoms with E-state index in [1.807, 2.05) is 0 Å². The minimum absolute atomic E-state index is 0.354. The van der Waals surface area contributed by atoms with Gasteiger partial charge in [0.05, 0.1) is 0 Å². The Kier molecular flexibility index (Phi) is 3.62. The smallest absolute Gasteiger partial charge is 0.323 e. The molecule has 1 spiro atoms. The summed E-state index contributed by atoms with van der Waals surface area (Å²) in [5, 5.41) is 2.82. The van der Waals surface area contributed by atoms with Crippen LogP contribution in [0.4, 0.5) is 25.0 Å². The average molecular weight is 381 g/mol. The molecule has 2 atom stereocenters. The molecule has 1 fully saturated rings. The van der Waals surface area contributed by atoms with Crippen LogP contribution in [0.5, 0.6) is 0 Å². The fourth-order valence-electron chi connectivity index (χ4n) is 4.81. The van der Waals surface area contributed by atoms with Crippen LogP contribution in [-0.4, -0.2) is 17.6 Å². The summed E-state index contributed by atoms with van der Waals surface area (Å²) in [6.07, 6.45) is 3.07. The van der Waals surface area contributed by atoms with Crippen molar-refractivity contribution >= 4 is 29.0 Å². The summed E-state index contributed by atoms with van der Waals surface area (Å²) >= 11 is 0. The van der Waals surface area contributed by atoms with Crippen LogP contribution in [0.3, 0.4) is 0 Å². The number of fused-ring (bicyclic) bond motifs is 4. The van der Waals surface area contributed by atoms with E-state index >= 15 is 0 Å². The maximum absolute atomic E-state index is 14.2. The molecule has 0 radical (unpaired) electrons. The van der Waals surface area contributed by atoms with E-state index in [4.69, 9.17) is 0 Å². The molecule has 7 heteroatoms. The van der Waals surface area contributed by atoms with Gasteiger partial charge in [-0.05, 0) is 61.7 Å². The normalized spacial score (nSPS) is 26.0. The van der Waals surface area contributed by atoms with Crippen LogP contribution < -0.4 is 10.2 Å². The van der Waals surface area contributed by atoms with Crippen LogP contribution in [-0.2, 0) is 10.3 Å². The highest BCUT2D eigenvalue weighted by molar-refractivity contribution is 6.20. The van der Waals surface area contributed by atoms with Gasteiger partial charge in [0.2, 0.25) is 0 Å². The summed E-state index contributed by atoms with van der Waals surface area (Å²) in [6.45, 7) is 0. The number of benzene rings is 2. The van der Waals surface area contributed by atoms with E-state index in [1.54, 1.807) is 0 Å². The van der Waals surface area contributed by atoms with Crippen molar-refractivity contribution in [2.75, 3.05) is 10.2 Å². The third-order valence-corrected chi connectivity index (χ3v) is 5.94. The van der Waals surface area contributed by atoms with Crippen molar-refractivity contribution in [1.82, 2.24) is 0 Å². The standard InChI is InChI=1S/C21H17F2N3O2/c22-12-5-8-14(9-6-12)26-20(28)25-17-4-2-1-3-15(17)21(26)16-11-13(23)7-10-18(16)24-19(21)27/h5-11,15H,1-4H2,(H,24,27). The fraction of sp³-hybridized carbons (Fsp3) is 0.286. The van der Waals surface area contributed by atoms with E-state index in [-0.39, 0.29) is 11.8 Å². The zero-order valence-corrected chi connectivity index (χ0v) is 14.9. The lowest BCUT2D eigenvalue weighted by molar-refractivity contribution is -0.122. The zero-order valence-electron chi connectivity index (χ0n) is 14.9. The van der Waals surface area contributed by atoms with E-state index in [0.29, 0.717) is 35.5 Å². The average Bonchev–Trinajstić information content (AvgIpc) is 2.95. The number of hydrogen-bond acceptors (Lipinski definition) is 2. The van der Waals surface area contributed by atoms with Crippen LogP contribution >= 0.6 is 0 Å². The molecule has 5 rings (SSSR count). The van der Waals surface area contributed by atoms with Crippen LogP contribution in [0, 0.1) is 17.6 Å². The second kappa shape index (κ2) is 5.95. The van der Waals surface area contributed by atoms with E-state index in [1.165, 1.54) is 47.4 Å². The van der Waals surface area contributed by atoms with Gasteiger partial charge in [-0.3, -0.25) is 9.69 Å². The highest BCUT2D eigenvalue weighted by Gasteiger charge is 2.62. The molecule has 0 aromatic heterocycles. The summed E-state index contributed by atoms with van der Waals surface area (Å²) in [5.74, 6) is -1.68. The topological polar surface area (TPSA) is 61.8 Å². The quantitative estimate of drug-likeness (QED) is 0.797. The SMILES string of the molecule is O=C1N=C2CCCCC2C2(C(=O)Nc3ccc(F)cc32)N1c1ccc(F)cc1. The van der Waals surface area contributed by atoms with Crippen molar-refractivity contribution in [2.24, 2.45) is 10.9 Å². The Bertz CT molecular complexity index is 1030. The van der Waals surface area contributed by atoms with E-state index in [9.17, 15) is 18.4 Å². The van der Waals surface area contributed by atoms with Gasteiger partial charge in [0, 0.05) is 28.6 Å². The predicted octanol–water partition coefficient (Wildman–Crippen LogP) is 4.38. The molecule has 0 saturated heterocycles. The highest BCUT2D eigenvalue weighted by atomic mass is 19.1. The molecule has 1 saturated carbocycles. The van der Waals surface area contributed by atoms with Crippen molar-refractivity contribution < 1.29 is 18.4 Å². The molecule has 2 aliphatic heterocycles. The van der Waals surface area contributed by atoms with Gasteiger partial charge < -0.3 is 5.32 Å². The Hall–Kier alpha value is -3.09. The summed E-state index contributed by atoms with van der Waals surface area (Å²) in [7, 11) is 0. The molecular formula is C21H17F2N3O2. The third-order valence-electron chi connectivity index (χ3n) is 5.94. The van der Waals surface area contributed by atoms with Crippen molar-refractivity contribution in [2.45, 2.75) is 31.2 Å². The van der Waals surface area contributed by atoms with Gasteiger partial charge in [0.25, 0.3) is 5.91 Å². The summed E-state index contributed by atoms with van der Waals surface area (Å²) in [6, 6.07) is 8.87. The molecule has 142 valence electrons. The first kappa shape index (κ1) is 17.0. The number of carbonyl (C=O) groups excluding carboxylic acids is 2. The maximum atomic E-state index is 14.2. The zero-order chi connectivity index (χ0) is 19.5. The lowest BCUT2D eigenvalue weighted by Gasteiger charge is -2.48. The number of aliphatic imine (C=N–C) groups is 1. The summed E-state index contributed by atoms with van der Waals surface area (Å²) < 4.78 is 27.7. The number of carbonyl (C=O) groups is 2. The lowest BCUT2D eigenvalue weighted by Crippen LogP contribution is -2.63. The van der Waals surface area contributed by atoms with E-state index < -0.39 is 23.2 Å².